The third-order valence-electron chi connectivity index (χ3n) is 5.34. The number of rotatable bonds is 7. The predicted octanol–water partition coefficient (Wildman–Crippen LogP) is 3.77. The van der Waals surface area contributed by atoms with Crippen LogP contribution in [-0.2, 0) is 11.3 Å². The molecule has 1 amide bonds. The number of piperazine rings is 1. The summed E-state index contributed by atoms with van der Waals surface area (Å²) >= 11 is 1.68. The summed E-state index contributed by atoms with van der Waals surface area (Å²) in [6.07, 6.45) is 0. The van der Waals surface area contributed by atoms with Crippen molar-refractivity contribution >= 4 is 28.7 Å². The predicted molar refractivity (Wildman–Crippen MR) is 124 cm³/mol. The fourth-order valence-corrected chi connectivity index (χ4v) is 4.46. The Morgan fingerprint density at radius 3 is 2.48 bits per heavy atom. The highest BCUT2D eigenvalue weighted by Crippen LogP contribution is 2.24. The first-order valence-electron chi connectivity index (χ1n) is 10.4. The largest absolute Gasteiger partial charge is 0.325 e. The molecule has 1 fully saturated rings. The minimum Gasteiger partial charge on any atom is -0.325 e. The van der Waals surface area contributed by atoms with Gasteiger partial charge in [0.15, 0.2) is 5.78 Å². The van der Waals surface area contributed by atoms with Gasteiger partial charge in [-0.25, -0.2) is 4.98 Å². The standard InChI is InChI=1S/C24H26N4O2S/c1-18(29)20-8-5-9-21(14-20)25-23(30)16-28-12-10-27(11-13-28)15-22-17-31-24(26-22)19-6-3-2-4-7-19/h2-9,14,17H,10-13,15-16H2,1H3,(H,25,30). The molecule has 0 radical (unpaired) electrons. The molecule has 2 aromatic carbocycles. The maximum Gasteiger partial charge on any atom is 0.238 e. The van der Waals surface area contributed by atoms with Crippen LogP contribution in [-0.4, -0.2) is 59.2 Å². The molecule has 1 N–H and O–H groups in total. The molecular formula is C24H26N4O2S. The van der Waals surface area contributed by atoms with Crippen LogP contribution in [0.1, 0.15) is 23.0 Å². The lowest BCUT2D eigenvalue weighted by atomic mass is 10.1. The minimum absolute atomic E-state index is 0.0109. The van der Waals surface area contributed by atoms with Crippen LogP contribution < -0.4 is 5.32 Å². The number of carbonyl (C=O) groups is 2. The Morgan fingerprint density at radius 2 is 1.74 bits per heavy atom. The smallest absolute Gasteiger partial charge is 0.238 e. The number of carbonyl (C=O) groups excluding carboxylic acids is 2. The lowest BCUT2D eigenvalue weighted by molar-refractivity contribution is -0.117. The second-order valence-corrected chi connectivity index (χ2v) is 8.61. The lowest BCUT2D eigenvalue weighted by Gasteiger charge is -2.33. The van der Waals surface area contributed by atoms with Crippen molar-refractivity contribution in [2.24, 2.45) is 0 Å². The van der Waals surface area contributed by atoms with Gasteiger partial charge in [-0.05, 0) is 19.1 Å². The summed E-state index contributed by atoms with van der Waals surface area (Å²) in [5.41, 5.74) is 3.52. The summed E-state index contributed by atoms with van der Waals surface area (Å²) < 4.78 is 0. The zero-order chi connectivity index (χ0) is 21.6. The van der Waals surface area contributed by atoms with Gasteiger partial charge in [-0.1, -0.05) is 42.5 Å². The monoisotopic (exact) mass is 434 g/mol. The number of hydrogen-bond donors (Lipinski definition) is 1. The van der Waals surface area contributed by atoms with Gasteiger partial charge in [0.05, 0.1) is 12.2 Å². The second-order valence-electron chi connectivity index (χ2n) is 7.75. The van der Waals surface area contributed by atoms with E-state index in [0.717, 1.165) is 49.0 Å². The molecule has 2 heterocycles. The van der Waals surface area contributed by atoms with E-state index in [-0.39, 0.29) is 11.7 Å². The molecule has 1 aliphatic rings. The molecule has 6 nitrogen and oxygen atoms in total. The number of ketones is 1. The van der Waals surface area contributed by atoms with E-state index in [1.807, 2.05) is 18.2 Å². The number of hydrogen-bond acceptors (Lipinski definition) is 6. The van der Waals surface area contributed by atoms with Crippen LogP contribution in [0.3, 0.4) is 0 Å². The lowest BCUT2D eigenvalue weighted by Crippen LogP contribution is -2.48. The topological polar surface area (TPSA) is 65.5 Å². The van der Waals surface area contributed by atoms with E-state index in [0.29, 0.717) is 17.8 Å². The molecule has 1 aromatic heterocycles. The average Bonchev–Trinajstić information content (AvgIpc) is 3.24. The van der Waals surface area contributed by atoms with Crippen LogP contribution in [0.15, 0.2) is 60.0 Å². The number of aromatic nitrogens is 1. The van der Waals surface area contributed by atoms with Gasteiger partial charge in [-0.2, -0.15) is 0 Å². The SMILES string of the molecule is CC(=O)c1cccc(NC(=O)CN2CCN(Cc3csc(-c4ccccc4)n3)CC2)c1. The van der Waals surface area contributed by atoms with E-state index in [4.69, 9.17) is 4.98 Å². The van der Waals surface area contributed by atoms with Crippen molar-refractivity contribution < 1.29 is 9.59 Å². The number of nitrogens with zero attached hydrogens (tertiary/aromatic N) is 3. The quantitative estimate of drug-likeness (QED) is 0.574. The number of nitrogens with one attached hydrogen (secondary N) is 1. The molecule has 0 atom stereocenters. The van der Waals surface area contributed by atoms with Gasteiger partial charge in [0.2, 0.25) is 5.91 Å². The maximum atomic E-state index is 12.4. The Hall–Kier alpha value is -2.87. The van der Waals surface area contributed by atoms with Crippen molar-refractivity contribution in [2.45, 2.75) is 13.5 Å². The number of amides is 1. The normalized spacial score (nSPS) is 15.0. The molecule has 1 saturated heterocycles. The first-order valence-corrected chi connectivity index (χ1v) is 11.3. The highest BCUT2D eigenvalue weighted by atomic mass is 32.1. The van der Waals surface area contributed by atoms with Crippen LogP contribution >= 0.6 is 11.3 Å². The van der Waals surface area contributed by atoms with E-state index in [9.17, 15) is 9.59 Å². The highest BCUT2D eigenvalue weighted by molar-refractivity contribution is 7.13. The molecular weight excluding hydrogens is 408 g/mol. The summed E-state index contributed by atoms with van der Waals surface area (Å²) in [6.45, 7) is 6.21. The molecule has 1 aliphatic heterocycles. The summed E-state index contributed by atoms with van der Waals surface area (Å²) in [7, 11) is 0. The van der Waals surface area contributed by atoms with Crippen molar-refractivity contribution in [3.8, 4) is 10.6 Å². The Morgan fingerprint density at radius 1 is 1.00 bits per heavy atom. The number of anilines is 1. The fraction of sp³-hybridized carbons (Fsp3) is 0.292. The summed E-state index contributed by atoms with van der Waals surface area (Å²) in [5.74, 6) is -0.0654. The Balaban J connectivity index is 1.24. The van der Waals surface area contributed by atoms with Crippen molar-refractivity contribution in [3.05, 3.63) is 71.2 Å². The van der Waals surface area contributed by atoms with Gasteiger partial charge in [-0.15, -0.1) is 11.3 Å². The van der Waals surface area contributed by atoms with Gasteiger partial charge >= 0.3 is 0 Å². The highest BCUT2D eigenvalue weighted by Gasteiger charge is 2.20. The van der Waals surface area contributed by atoms with Gasteiger partial charge in [0, 0.05) is 54.9 Å². The zero-order valence-electron chi connectivity index (χ0n) is 17.6. The molecule has 0 spiro atoms. The van der Waals surface area contributed by atoms with Gasteiger partial charge < -0.3 is 5.32 Å². The van der Waals surface area contributed by atoms with Crippen molar-refractivity contribution in [1.29, 1.82) is 0 Å². The third kappa shape index (κ3) is 5.85. The number of benzene rings is 2. The third-order valence-corrected chi connectivity index (χ3v) is 6.28. The van der Waals surface area contributed by atoms with Crippen molar-refractivity contribution in [1.82, 2.24) is 14.8 Å². The van der Waals surface area contributed by atoms with Crippen LogP contribution in [0.5, 0.6) is 0 Å². The molecule has 4 rings (SSSR count). The molecule has 0 aliphatic carbocycles. The molecule has 7 heteroatoms. The molecule has 160 valence electrons. The first kappa shape index (κ1) is 21.4. The maximum absolute atomic E-state index is 12.4. The number of thiazole rings is 1. The Kier molecular flexibility index (Phi) is 6.86. The Bertz CT molecular complexity index is 1040. The van der Waals surface area contributed by atoms with Gasteiger partial charge in [-0.3, -0.25) is 19.4 Å². The van der Waals surface area contributed by atoms with E-state index in [2.05, 4.69) is 32.6 Å². The van der Waals surface area contributed by atoms with Gasteiger partial charge in [0.25, 0.3) is 0 Å². The van der Waals surface area contributed by atoms with Crippen molar-refractivity contribution in [3.63, 3.8) is 0 Å². The van der Waals surface area contributed by atoms with Crippen molar-refractivity contribution in [2.75, 3.05) is 38.0 Å². The first-order chi connectivity index (χ1) is 15.1. The van der Waals surface area contributed by atoms with Gasteiger partial charge in [0.1, 0.15) is 5.01 Å². The molecule has 0 bridgehead atoms. The van der Waals surface area contributed by atoms with E-state index in [1.54, 1.807) is 35.6 Å². The zero-order valence-corrected chi connectivity index (χ0v) is 18.4. The van der Waals surface area contributed by atoms with Crippen LogP contribution in [0, 0.1) is 0 Å². The van der Waals surface area contributed by atoms with E-state index in [1.165, 1.54) is 6.92 Å². The fourth-order valence-electron chi connectivity index (χ4n) is 3.65. The van der Waals surface area contributed by atoms with E-state index >= 15 is 0 Å². The summed E-state index contributed by atoms with van der Waals surface area (Å²) in [6, 6.07) is 17.3. The molecule has 31 heavy (non-hydrogen) atoms. The number of Topliss-reactive ketones (excluding diaryl/α,β-unsaturated/α-hetero) is 1. The Labute approximate surface area is 186 Å². The second kappa shape index (κ2) is 9.96. The van der Waals surface area contributed by atoms with E-state index < -0.39 is 0 Å². The van der Waals surface area contributed by atoms with Crippen LogP contribution in [0.25, 0.3) is 10.6 Å². The minimum atomic E-state index is -0.0545. The summed E-state index contributed by atoms with van der Waals surface area (Å²) in [5, 5.41) is 6.09. The molecule has 3 aromatic rings. The molecule has 0 saturated carbocycles. The van der Waals surface area contributed by atoms with Crippen LogP contribution in [0.4, 0.5) is 5.69 Å². The average molecular weight is 435 g/mol. The van der Waals surface area contributed by atoms with Crippen LogP contribution in [0.2, 0.25) is 0 Å². The summed E-state index contributed by atoms with van der Waals surface area (Å²) in [4.78, 5) is 33.2. The molecule has 0 unspecified atom stereocenters.